The zero-order chi connectivity index (χ0) is 12.1. The van der Waals surface area contributed by atoms with Gasteiger partial charge in [-0.25, -0.2) is 4.98 Å². The molecule has 0 atom stereocenters. The van der Waals surface area contributed by atoms with Crippen LogP contribution in [0.15, 0.2) is 18.3 Å². The van der Waals surface area contributed by atoms with Gasteiger partial charge in [-0.2, -0.15) is 5.26 Å². The van der Waals surface area contributed by atoms with Crippen LogP contribution in [0.3, 0.4) is 0 Å². The largest absolute Gasteiger partial charge is 0.395 e. The fourth-order valence-corrected chi connectivity index (χ4v) is 1.98. The van der Waals surface area contributed by atoms with Crippen molar-refractivity contribution >= 4 is 5.82 Å². The molecule has 90 valence electrons. The number of hydrogen-bond acceptors (Lipinski definition) is 5. The maximum atomic E-state index is 8.86. The molecule has 5 nitrogen and oxygen atoms in total. The van der Waals surface area contributed by atoms with Crippen LogP contribution in [0.25, 0.3) is 0 Å². The first kappa shape index (κ1) is 11.8. The van der Waals surface area contributed by atoms with Crippen molar-refractivity contribution in [2.24, 2.45) is 0 Å². The zero-order valence-electron chi connectivity index (χ0n) is 9.71. The highest BCUT2D eigenvalue weighted by Gasteiger charge is 2.17. The molecule has 17 heavy (non-hydrogen) atoms. The predicted octanol–water partition coefficient (Wildman–Crippen LogP) is 0.0676. The van der Waals surface area contributed by atoms with E-state index in [2.05, 4.69) is 20.9 Å². The fourth-order valence-electron chi connectivity index (χ4n) is 1.98. The Morgan fingerprint density at radius 2 is 2.06 bits per heavy atom. The molecule has 1 aromatic heterocycles. The highest BCUT2D eigenvalue weighted by molar-refractivity contribution is 5.42. The van der Waals surface area contributed by atoms with Crippen LogP contribution in [0.2, 0.25) is 0 Å². The van der Waals surface area contributed by atoms with E-state index in [9.17, 15) is 0 Å². The number of aliphatic hydroxyl groups excluding tert-OH is 1. The molecule has 5 heteroatoms. The van der Waals surface area contributed by atoms with Crippen LogP contribution < -0.4 is 4.90 Å². The van der Waals surface area contributed by atoms with Crippen LogP contribution in [0.4, 0.5) is 5.82 Å². The maximum Gasteiger partial charge on any atom is 0.128 e. The summed E-state index contributed by atoms with van der Waals surface area (Å²) in [5.74, 6) is 0.924. The lowest BCUT2D eigenvalue weighted by atomic mass is 10.2. The van der Waals surface area contributed by atoms with Gasteiger partial charge in [0.05, 0.1) is 12.2 Å². The lowest BCUT2D eigenvalue weighted by molar-refractivity contribution is 0.188. The summed E-state index contributed by atoms with van der Waals surface area (Å²) in [6.07, 6.45) is 1.61. The van der Waals surface area contributed by atoms with Crippen molar-refractivity contribution in [3.63, 3.8) is 0 Å². The van der Waals surface area contributed by atoms with Crippen LogP contribution in [-0.4, -0.2) is 54.3 Å². The monoisotopic (exact) mass is 232 g/mol. The normalized spacial score (nSPS) is 16.8. The number of nitriles is 1. The maximum absolute atomic E-state index is 8.86. The zero-order valence-corrected chi connectivity index (χ0v) is 9.71. The number of hydrogen-bond donors (Lipinski definition) is 1. The minimum Gasteiger partial charge on any atom is -0.395 e. The van der Waals surface area contributed by atoms with Crippen LogP contribution in [0.1, 0.15) is 5.56 Å². The van der Waals surface area contributed by atoms with E-state index in [4.69, 9.17) is 10.4 Å². The molecule has 0 spiro atoms. The summed E-state index contributed by atoms with van der Waals surface area (Å²) in [4.78, 5) is 8.72. The second kappa shape index (κ2) is 5.62. The number of pyridine rings is 1. The second-order valence-electron chi connectivity index (χ2n) is 4.07. The van der Waals surface area contributed by atoms with Gasteiger partial charge in [0.2, 0.25) is 0 Å². The van der Waals surface area contributed by atoms with Crippen molar-refractivity contribution < 1.29 is 5.11 Å². The minimum absolute atomic E-state index is 0.217. The molecule has 0 radical (unpaired) electrons. The number of rotatable bonds is 3. The molecule has 1 saturated heterocycles. The molecule has 2 rings (SSSR count). The summed E-state index contributed by atoms with van der Waals surface area (Å²) in [5, 5.41) is 17.6. The molecule has 0 aromatic carbocycles. The Bertz CT molecular complexity index is 390. The molecule has 0 aliphatic carbocycles. The molecule has 1 aromatic rings. The number of aliphatic hydroxyl groups is 1. The first-order valence-corrected chi connectivity index (χ1v) is 5.78. The van der Waals surface area contributed by atoms with Gasteiger partial charge in [0.1, 0.15) is 11.9 Å². The Balaban J connectivity index is 1.94. The quantitative estimate of drug-likeness (QED) is 0.799. The molecule has 1 N–H and O–H groups in total. The summed E-state index contributed by atoms with van der Waals surface area (Å²) in [6, 6.07) is 5.75. The summed E-state index contributed by atoms with van der Waals surface area (Å²) in [5.41, 5.74) is 0.590. The van der Waals surface area contributed by atoms with Crippen molar-refractivity contribution in [1.29, 1.82) is 5.26 Å². The molecule has 0 bridgehead atoms. The van der Waals surface area contributed by atoms with Gasteiger partial charge in [0.25, 0.3) is 0 Å². The average molecular weight is 232 g/mol. The van der Waals surface area contributed by atoms with E-state index in [0.717, 1.165) is 38.5 Å². The van der Waals surface area contributed by atoms with Gasteiger partial charge < -0.3 is 10.0 Å². The van der Waals surface area contributed by atoms with E-state index in [1.807, 2.05) is 6.07 Å². The Morgan fingerprint density at radius 1 is 1.29 bits per heavy atom. The van der Waals surface area contributed by atoms with Gasteiger partial charge in [-0.1, -0.05) is 0 Å². The molecule has 1 aliphatic rings. The van der Waals surface area contributed by atoms with Gasteiger partial charge in [-0.15, -0.1) is 0 Å². The lowest BCUT2D eigenvalue weighted by Crippen LogP contribution is -2.47. The molecule has 0 saturated carbocycles. The number of aromatic nitrogens is 1. The summed E-state index contributed by atoms with van der Waals surface area (Å²) in [6.45, 7) is 4.69. The summed E-state index contributed by atoms with van der Waals surface area (Å²) >= 11 is 0. The Kier molecular flexibility index (Phi) is 3.91. The van der Waals surface area contributed by atoms with Crippen LogP contribution in [0.5, 0.6) is 0 Å². The van der Waals surface area contributed by atoms with Crippen LogP contribution in [0, 0.1) is 11.3 Å². The van der Waals surface area contributed by atoms with Gasteiger partial charge in [0.15, 0.2) is 0 Å². The topological polar surface area (TPSA) is 63.4 Å². The number of nitrogens with zero attached hydrogens (tertiary/aromatic N) is 4. The van der Waals surface area contributed by atoms with Gasteiger partial charge >= 0.3 is 0 Å². The summed E-state index contributed by atoms with van der Waals surface area (Å²) < 4.78 is 0. The molecule has 0 unspecified atom stereocenters. The average Bonchev–Trinajstić information content (AvgIpc) is 2.40. The smallest absolute Gasteiger partial charge is 0.128 e. The minimum atomic E-state index is 0.217. The SMILES string of the molecule is N#Cc1ccc(N2CCN(CCO)CC2)nc1. The molecule has 2 heterocycles. The van der Waals surface area contributed by atoms with E-state index < -0.39 is 0 Å². The molecule has 0 amide bonds. The third-order valence-electron chi connectivity index (χ3n) is 2.99. The van der Waals surface area contributed by atoms with Crippen LogP contribution in [-0.2, 0) is 0 Å². The van der Waals surface area contributed by atoms with Crippen molar-refractivity contribution in [3.8, 4) is 6.07 Å². The highest BCUT2D eigenvalue weighted by Crippen LogP contribution is 2.13. The van der Waals surface area contributed by atoms with Crippen molar-refractivity contribution in [3.05, 3.63) is 23.9 Å². The van der Waals surface area contributed by atoms with Crippen molar-refractivity contribution in [1.82, 2.24) is 9.88 Å². The third-order valence-corrected chi connectivity index (χ3v) is 2.99. The fraction of sp³-hybridized carbons (Fsp3) is 0.500. The van der Waals surface area contributed by atoms with Gasteiger partial charge in [-0.3, -0.25) is 4.90 Å². The van der Waals surface area contributed by atoms with Crippen LogP contribution >= 0.6 is 0 Å². The first-order valence-electron chi connectivity index (χ1n) is 5.78. The van der Waals surface area contributed by atoms with Crippen molar-refractivity contribution in [2.45, 2.75) is 0 Å². The first-order chi connectivity index (χ1) is 8.33. The predicted molar refractivity (Wildman–Crippen MR) is 64.7 cm³/mol. The van der Waals surface area contributed by atoms with E-state index in [0.29, 0.717) is 5.56 Å². The second-order valence-corrected chi connectivity index (χ2v) is 4.07. The Labute approximate surface area is 101 Å². The standard InChI is InChI=1S/C12H16N4O/c13-9-11-1-2-12(14-10-11)16-5-3-15(4-6-16)7-8-17/h1-2,10,17H,3-8H2. The molecular formula is C12H16N4O. The van der Waals surface area contributed by atoms with E-state index in [1.165, 1.54) is 0 Å². The van der Waals surface area contributed by atoms with Gasteiger partial charge in [-0.05, 0) is 12.1 Å². The van der Waals surface area contributed by atoms with E-state index in [-0.39, 0.29) is 6.61 Å². The molecule has 1 fully saturated rings. The summed E-state index contributed by atoms with van der Waals surface area (Å²) in [7, 11) is 0. The number of anilines is 1. The Hall–Kier alpha value is -1.64. The molecule has 1 aliphatic heterocycles. The Morgan fingerprint density at radius 3 is 2.59 bits per heavy atom. The highest BCUT2D eigenvalue weighted by atomic mass is 16.3. The third kappa shape index (κ3) is 2.93. The van der Waals surface area contributed by atoms with Gasteiger partial charge in [0, 0.05) is 38.9 Å². The molecular weight excluding hydrogens is 216 g/mol. The lowest BCUT2D eigenvalue weighted by Gasteiger charge is -2.35. The van der Waals surface area contributed by atoms with E-state index in [1.54, 1.807) is 12.3 Å². The number of piperazine rings is 1. The van der Waals surface area contributed by atoms with E-state index >= 15 is 0 Å². The van der Waals surface area contributed by atoms with Crippen molar-refractivity contribution in [2.75, 3.05) is 44.2 Å². The number of β-amino-alcohol motifs (C(OH)–C–C–N with tert-alkyl or cyclic N) is 1.